The number of nitriles is 1. The van der Waals surface area contributed by atoms with Crippen LogP contribution in [0.4, 0.5) is 4.39 Å². The van der Waals surface area contributed by atoms with Crippen LogP contribution in [0, 0.1) is 17.1 Å². The van der Waals surface area contributed by atoms with E-state index < -0.39 is 0 Å². The predicted octanol–water partition coefficient (Wildman–Crippen LogP) is 3.69. The lowest BCUT2D eigenvalue weighted by atomic mass is 10.2. The lowest BCUT2D eigenvalue weighted by Crippen LogP contribution is -1.81. The molecule has 0 heterocycles. The van der Waals surface area contributed by atoms with Crippen LogP contribution in [0.2, 0.25) is 0 Å². The van der Waals surface area contributed by atoms with E-state index in [0.717, 1.165) is 0 Å². The minimum absolute atomic E-state index is 0.286. The van der Waals surface area contributed by atoms with Gasteiger partial charge in [0.25, 0.3) is 0 Å². The van der Waals surface area contributed by atoms with E-state index in [-0.39, 0.29) is 10.8 Å². The second-order valence-corrected chi connectivity index (χ2v) is 3.51. The molecule has 0 N–H and O–H groups in total. The molecule has 0 aliphatic heterocycles. The minimum Gasteiger partial charge on any atom is -0.207 e. The van der Waals surface area contributed by atoms with E-state index in [0.29, 0.717) is 10.0 Å². The molecule has 13 heavy (non-hydrogen) atoms. The predicted molar refractivity (Wildman–Crippen MR) is 53.5 cm³/mol. The first-order valence-corrected chi connectivity index (χ1v) is 4.53. The number of nitrogens with zero attached hydrogens (tertiary/aromatic N) is 1. The number of hydrogen-bond donors (Lipinski definition) is 0. The fraction of sp³-hybridized carbons (Fsp3) is 0. The summed E-state index contributed by atoms with van der Waals surface area (Å²) in [7, 11) is 0. The number of rotatable bonds is 1. The molecule has 1 aromatic rings. The lowest BCUT2D eigenvalue weighted by molar-refractivity contribution is 0.627. The molecule has 0 saturated heterocycles. The highest BCUT2D eigenvalue weighted by molar-refractivity contribution is 9.10. The summed E-state index contributed by atoms with van der Waals surface area (Å²) in [5, 5.41) is 8.63. The van der Waals surface area contributed by atoms with Crippen molar-refractivity contribution in [1.82, 2.24) is 0 Å². The first kappa shape index (κ1) is 10.2. The van der Waals surface area contributed by atoms with Crippen molar-refractivity contribution in [3.05, 3.63) is 40.1 Å². The summed E-state index contributed by atoms with van der Waals surface area (Å²) in [6.45, 7) is 0. The molecule has 0 atom stereocenters. The average Bonchev–Trinajstić information content (AvgIpc) is 2.04. The maximum atomic E-state index is 12.6. The standard InChI is InChI=1S/C9H4BrClFN/c10-8-5-6(12)1-2-7(8)9(11)3-4-13/h1-3,5H/b9-3-. The molecule has 66 valence electrons. The summed E-state index contributed by atoms with van der Waals surface area (Å²) in [4.78, 5) is 0. The van der Waals surface area contributed by atoms with E-state index in [1.165, 1.54) is 24.3 Å². The summed E-state index contributed by atoms with van der Waals surface area (Å²) in [6, 6.07) is 5.89. The van der Waals surface area contributed by atoms with Crippen LogP contribution in [-0.4, -0.2) is 0 Å². The fourth-order valence-electron chi connectivity index (χ4n) is 0.818. The van der Waals surface area contributed by atoms with Gasteiger partial charge in [0.15, 0.2) is 0 Å². The number of hydrogen-bond acceptors (Lipinski definition) is 1. The van der Waals surface area contributed by atoms with Crippen LogP contribution >= 0.6 is 27.5 Å². The summed E-state index contributed by atoms with van der Waals surface area (Å²) < 4.78 is 13.2. The topological polar surface area (TPSA) is 23.8 Å². The van der Waals surface area contributed by atoms with Gasteiger partial charge in [0.2, 0.25) is 0 Å². The maximum Gasteiger partial charge on any atom is 0.124 e. The van der Waals surface area contributed by atoms with Gasteiger partial charge in [-0.3, -0.25) is 0 Å². The zero-order chi connectivity index (χ0) is 9.84. The van der Waals surface area contributed by atoms with Crippen molar-refractivity contribution in [3.8, 4) is 6.07 Å². The Bertz CT molecular complexity index is 395. The summed E-state index contributed by atoms with van der Waals surface area (Å²) >= 11 is 8.89. The van der Waals surface area contributed by atoms with Crippen molar-refractivity contribution in [2.75, 3.05) is 0 Å². The van der Waals surface area contributed by atoms with Crippen LogP contribution in [0.5, 0.6) is 0 Å². The van der Waals surface area contributed by atoms with Crippen molar-refractivity contribution in [2.24, 2.45) is 0 Å². The van der Waals surface area contributed by atoms with Gasteiger partial charge in [-0.1, -0.05) is 27.5 Å². The van der Waals surface area contributed by atoms with Crippen LogP contribution in [0.25, 0.3) is 5.03 Å². The van der Waals surface area contributed by atoms with E-state index >= 15 is 0 Å². The van der Waals surface area contributed by atoms with Gasteiger partial charge in [-0.05, 0) is 18.2 Å². The minimum atomic E-state index is -0.350. The molecule has 0 aromatic heterocycles. The second-order valence-electron chi connectivity index (χ2n) is 2.25. The van der Waals surface area contributed by atoms with Crippen molar-refractivity contribution in [3.63, 3.8) is 0 Å². The number of halogens is 3. The molecular weight excluding hydrogens is 256 g/mol. The summed E-state index contributed by atoms with van der Waals surface area (Å²) in [6.07, 6.45) is 1.19. The van der Waals surface area contributed by atoms with E-state index in [2.05, 4.69) is 15.9 Å². The molecule has 0 saturated carbocycles. The van der Waals surface area contributed by atoms with Gasteiger partial charge in [0, 0.05) is 16.1 Å². The molecule has 0 bridgehead atoms. The molecule has 0 aliphatic carbocycles. The Morgan fingerprint density at radius 1 is 1.62 bits per heavy atom. The Labute approximate surface area is 88.6 Å². The molecule has 0 radical (unpaired) electrons. The van der Waals surface area contributed by atoms with E-state index in [1.807, 2.05) is 0 Å². The third-order valence-corrected chi connectivity index (χ3v) is 2.35. The third-order valence-electron chi connectivity index (χ3n) is 1.38. The second kappa shape index (κ2) is 4.40. The lowest BCUT2D eigenvalue weighted by Gasteiger charge is -2.00. The van der Waals surface area contributed by atoms with Crippen LogP contribution in [0.15, 0.2) is 28.7 Å². The normalized spacial score (nSPS) is 11.1. The average molecular weight is 260 g/mol. The first-order valence-electron chi connectivity index (χ1n) is 3.36. The quantitative estimate of drug-likeness (QED) is 0.707. The molecule has 1 nitrogen and oxygen atoms in total. The van der Waals surface area contributed by atoms with Gasteiger partial charge in [0.1, 0.15) is 5.82 Å². The van der Waals surface area contributed by atoms with Crippen LogP contribution < -0.4 is 0 Å². The van der Waals surface area contributed by atoms with Crippen molar-refractivity contribution in [2.45, 2.75) is 0 Å². The van der Waals surface area contributed by atoms with Gasteiger partial charge in [-0.25, -0.2) is 4.39 Å². The number of allylic oxidation sites excluding steroid dienone is 1. The molecule has 0 fully saturated rings. The van der Waals surface area contributed by atoms with E-state index in [1.54, 1.807) is 6.07 Å². The molecule has 1 aromatic carbocycles. The first-order chi connectivity index (χ1) is 6.15. The fourth-order valence-corrected chi connectivity index (χ4v) is 1.71. The molecular formula is C9H4BrClFN. The Kier molecular flexibility index (Phi) is 3.47. The van der Waals surface area contributed by atoms with Gasteiger partial charge in [-0.15, -0.1) is 0 Å². The summed E-state index contributed by atoms with van der Waals surface area (Å²) in [5.74, 6) is -0.350. The van der Waals surface area contributed by atoms with Crippen molar-refractivity contribution >= 4 is 32.6 Å². The van der Waals surface area contributed by atoms with Crippen LogP contribution in [0.1, 0.15) is 5.56 Å². The summed E-state index contributed by atoms with van der Waals surface area (Å²) in [5.41, 5.74) is 0.601. The van der Waals surface area contributed by atoms with Gasteiger partial charge >= 0.3 is 0 Å². The smallest absolute Gasteiger partial charge is 0.124 e. The third kappa shape index (κ3) is 2.55. The van der Waals surface area contributed by atoms with Crippen molar-refractivity contribution in [1.29, 1.82) is 5.26 Å². The van der Waals surface area contributed by atoms with Crippen LogP contribution in [-0.2, 0) is 0 Å². The zero-order valence-corrected chi connectivity index (χ0v) is 8.73. The monoisotopic (exact) mass is 259 g/mol. The number of benzene rings is 1. The highest BCUT2D eigenvalue weighted by atomic mass is 79.9. The molecule has 0 amide bonds. The Morgan fingerprint density at radius 2 is 2.31 bits per heavy atom. The molecule has 1 rings (SSSR count). The highest BCUT2D eigenvalue weighted by Gasteiger charge is 2.04. The molecule has 0 spiro atoms. The maximum absolute atomic E-state index is 12.6. The Morgan fingerprint density at radius 3 is 2.85 bits per heavy atom. The van der Waals surface area contributed by atoms with Crippen molar-refractivity contribution < 1.29 is 4.39 Å². The largest absolute Gasteiger partial charge is 0.207 e. The Balaban J connectivity index is 3.18. The molecule has 4 heteroatoms. The molecule has 0 unspecified atom stereocenters. The van der Waals surface area contributed by atoms with Gasteiger partial charge < -0.3 is 0 Å². The van der Waals surface area contributed by atoms with E-state index in [9.17, 15) is 4.39 Å². The van der Waals surface area contributed by atoms with E-state index in [4.69, 9.17) is 16.9 Å². The zero-order valence-electron chi connectivity index (χ0n) is 6.39. The van der Waals surface area contributed by atoms with Gasteiger partial charge in [-0.2, -0.15) is 5.26 Å². The Hall–Kier alpha value is -0.850. The molecule has 0 aliphatic rings. The SMILES string of the molecule is N#C/C=C(\Cl)c1ccc(F)cc1Br. The van der Waals surface area contributed by atoms with Gasteiger partial charge in [0.05, 0.1) is 11.1 Å². The highest BCUT2D eigenvalue weighted by Crippen LogP contribution is 2.27. The van der Waals surface area contributed by atoms with Crippen LogP contribution in [0.3, 0.4) is 0 Å².